The second-order valence-electron chi connectivity index (χ2n) is 9.07. The molecule has 0 saturated carbocycles. The molecule has 0 aromatic heterocycles. The molecule has 0 spiro atoms. The lowest BCUT2D eigenvalue weighted by Gasteiger charge is -2.52. The van der Waals surface area contributed by atoms with Crippen LogP contribution in [0.4, 0.5) is 0 Å². The van der Waals surface area contributed by atoms with Crippen LogP contribution in [0.15, 0.2) is 103 Å². The highest BCUT2D eigenvalue weighted by Gasteiger charge is 2.46. The van der Waals surface area contributed by atoms with Crippen LogP contribution in [0, 0.1) is 5.92 Å². The molecule has 0 aliphatic carbocycles. The molecule has 3 nitrogen and oxygen atoms in total. The number of ether oxygens (including phenoxy) is 1. The van der Waals surface area contributed by atoms with Gasteiger partial charge in [0.2, 0.25) is 0 Å². The lowest BCUT2D eigenvalue weighted by Crippen LogP contribution is -2.59. The van der Waals surface area contributed by atoms with Crippen LogP contribution in [0.5, 0.6) is 5.75 Å². The van der Waals surface area contributed by atoms with Crippen molar-refractivity contribution in [1.29, 1.82) is 0 Å². The van der Waals surface area contributed by atoms with Gasteiger partial charge in [0.05, 0.1) is 6.04 Å². The van der Waals surface area contributed by atoms with E-state index < -0.39 is 0 Å². The molecule has 3 heteroatoms. The van der Waals surface area contributed by atoms with E-state index in [1.807, 2.05) is 24.4 Å². The number of hydrogen-bond acceptors (Lipinski definition) is 3. The molecular weight excluding hydrogens is 404 g/mol. The van der Waals surface area contributed by atoms with Crippen molar-refractivity contribution in [1.82, 2.24) is 4.90 Å². The molecule has 0 unspecified atom stereocenters. The molecule has 2 atom stereocenters. The third-order valence-corrected chi connectivity index (χ3v) is 7.15. The van der Waals surface area contributed by atoms with Gasteiger partial charge in [0.1, 0.15) is 12.4 Å². The van der Waals surface area contributed by atoms with Crippen molar-refractivity contribution in [2.45, 2.75) is 30.8 Å². The molecule has 33 heavy (non-hydrogen) atoms. The highest BCUT2D eigenvalue weighted by molar-refractivity contribution is 5.83. The Balaban J connectivity index is 1.52. The van der Waals surface area contributed by atoms with Crippen LogP contribution in [0.1, 0.15) is 35.4 Å². The summed E-state index contributed by atoms with van der Waals surface area (Å²) in [5.41, 5.74) is 3.78. The number of piperidine rings is 3. The zero-order valence-corrected chi connectivity index (χ0v) is 19.1. The molecule has 3 heterocycles. The van der Waals surface area contributed by atoms with Crippen molar-refractivity contribution < 1.29 is 4.74 Å². The monoisotopic (exact) mass is 436 g/mol. The minimum Gasteiger partial charge on any atom is -0.489 e. The molecule has 0 N–H and O–H groups in total. The first kappa shape index (κ1) is 21.7. The zero-order valence-electron chi connectivity index (χ0n) is 19.1. The summed E-state index contributed by atoms with van der Waals surface area (Å²) in [4.78, 5) is 7.97. The molecule has 3 saturated heterocycles. The molecular formula is C30H32N2O. The Bertz CT molecular complexity index is 1030. The molecule has 0 amide bonds. The van der Waals surface area contributed by atoms with E-state index in [0.717, 1.165) is 24.4 Å². The average molecular weight is 437 g/mol. The molecule has 3 aromatic rings. The van der Waals surface area contributed by atoms with Crippen molar-refractivity contribution in [3.8, 4) is 5.75 Å². The van der Waals surface area contributed by atoms with E-state index in [-0.39, 0.29) is 6.04 Å². The smallest absolute Gasteiger partial charge is 0.128 e. The zero-order chi connectivity index (χ0) is 22.5. The molecule has 3 aliphatic heterocycles. The topological polar surface area (TPSA) is 24.8 Å². The Morgan fingerprint density at radius 3 is 2.12 bits per heavy atom. The van der Waals surface area contributed by atoms with Crippen molar-refractivity contribution in [3.63, 3.8) is 0 Å². The highest BCUT2D eigenvalue weighted by atomic mass is 16.5. The molecule has 3 aliphatic rings. The Morgan fingerprint density at radius 2 is 1.48 bits per heavy atom. The summed E-state index contributed by atoms with van der Waals surface area (Å²) in [5, 5.41) is 0. The van der Waals surface area contributed by atoms with Crippen molar-refractivity contribution in [2.24, 2.45) is 10.9 Å². The van der Waals surface area contributed by atoms with E-state index >= 15 is 0 Å². The molecule has 168 valence electrons. The second-order valence-corrected chi connectivity index (χ2v) is 9.07. The Labute approximate surface area is 197 Å². The van der Waals surface area contributed by atoms with Crippen LogP contribution in [0.3, 0.4) is 0 Å². The maximum atomic E-state index is 5.88. The molecule has 3 fully saturated rings. The SMILES string of the molecule is C=CCOc1ccccc1C=N[C@@H]1C2CCN(CC2)[C@@H]1C(c1ccccc1)c1ccccc1. The fourth-order valence-electron chi connectivity index (χ4n) is 5.61. The average Bonchev–Trinajstić information content (AvgIpc) is 2.89. The number of rotatable bonds is 8. The first-order valence-electron chi connectivity index (χ1n) is 12.0. The van der Waals surface area contributed by atoms with Crippen LogP contribution < -0.4 is 4.74 Å². The largest absolute Gasteiger partial charge is 0.489 e. The van der Waals surface area contributed by atoms with Gasteiger partial charge in [-0.05, 0) is 55.1 Å². The fraction of sp³-hybridized carbons (Fsp3) is 0.300. The minimum absolute atomic E-state index is 0.255. The van der Waals surface area contributed by atoms with Crippen LogP contribution in [-0.2, 0) is 0 Å². The summed E-state index contributed by atoms with van der Waals surface area (Å²) in [6.45, 7) is 6.60. The van der Waals surface area contributed by atoms with E-state index in [0.29, 0.717) is 24.5 Å². The van der Waals surface area contributed by atoms with Gasteiger partial charge in [-0.3, -0.25) is 9.89 Å². The minimum atomic E-state index is 0.255. The fourth-order valence-corrected chi connectivity index (χ4v) is 5.61. The van der Waals surface area contributed by atoms with Crippen molar-refractivity contribution >= 4 is 6.21 Å². The number of fused-ring (bicyclic) bond motifs is 3. The first-order valence-corrected chi connectivity index (χ1v) is 12.0. The molecule has 2 bridgehead atoms. The summed E-state index contributed by atoms with van der Waals surface area (Å²) in [6, 6.07) is 30.7. The maximum Gasteiger partial charge on any atom is 0.128 e. The predicted molar refractivity (Wildman–Crippen MR) is 136 cm³/mol. The van der Waals surface area contributed by atoms with Crippen molar-refractivity contribution in [2.75, 3.05) is 19.7 Å². The van der Waals surface area contributed by atoms with Crippen LogP contribution in [0.25, 0.3) is 0 Å². The highest BCUT2D eigenvalue weighted by Crippen LogP contribution is 2.43. The van der Waals surface area contributed by atoms with Gasteiger partial charge in [-0.15, -0.1) is 0 Å². The van der Waals surface area contributed by atoms with Gasteiger partial charge >= 0.3 is 0 Å². The van der Waals surface area contributed by atoms with Gasteiger partial charge in [-0.2, -0.15) is 0 Å². The van der Waals surface area contributed by atoms with E-state index in [1.54, 1.807) is 6.08 Å². The predicted octanol–water partition coefficient (Wildman–Crippen LogP) is 5.97. The Morgan fingerprint density at radius 1 is 0.879 bits per heavy atom. The Hall–Kier alpha value is -3.17. The molecule has 0 radical (unpaired) electrons. The van der Waals surface area contributed by atoms with E-state index in [4.69, 9.17) is 9.73 Å². The number of benzene rings is 3. The standard InChI is InChI=1S/C30H32N2O/c1-2-21-33-27-16-10-9-15-26(27)22-31-29-25-17-19-32(20-18-25)30(29)28(23-11-5-3-6-12-23)24-13-7-4-8-14-24/h2-16,22,25,28-30H,1,17-21H2/t29-,30-/m1/s1. The van der Waals surface area contributed by atoms with E-state index in [2.05, 4.69) is 78.2 Å². The van der Waals surface area contributed by atoms with Crippen LogP contribution >= 0.6 is 0 Å². The number of nitrogens with zero attached hydrogens (tertiary/aromatic N) is 2. The second kappa shape index (κ2) is 10.2. The van der Waals surface area contributed by atoms with Gasteiger partial charge in [0.25, 0.3) is 0 Å². The van der Waals surface area contributed by atoms with Gasteiger partial charge in [0.15, 0.2) is 0 Å². The van der Waals surface area contributed by atoms with E-state index in [9.17, 15) is 0 Å². The molecule has 6 rings (SSSR count). The number of aliphatic imine (C=N–C) groups is 1. The normalized spacial score (nSPS) is 24.3. The quantitative estimate of drug-likeness (QED) is 0.321. The number of para-hydroxylation sites is 1. The number of hydrogen-bond donors (Lipinski definition) is 0. The summed E-state index contributed by atoms with van der Waals surface area (Å²) >= 11 is 0. The molecule has 3 aromatic carbocycles. The maximum absolute atomic E-state index is 5.88. The van der Waals surface area contributed by atoms with E-state index in [1.165, 1.54) is 24.0 Å². The van der Waals surface area contributed by atoms with Gasteiger partial charge in [0, 0.05) is 23.7 Å². The summed E-state index contributed by atoms with van der Waals surface area (Å²) in [6.07, 6.45) is 6.28. The van der Waals surface area contributed by atoms with Gasteiger partial charge in [-0.1, -0.05) is 85.5 Å². The lowest BCUT2D eigenvalue weighted by molar-refractivity contribution is 0.0215. The summed E-state index contributed by atoms with van der Waals surface area (Å²) in [7, 11) is 0. The summed E-state index contributed by atoms with van der Waals surface area (Å²) in [5.74, 6) is 1.78. The Kier molecular flexibility index (Phi) is 6.68. The third kappa shape index (κ3) is 4.65. The van der Waals surface area contributed by atoms with Crippen LogP contribution in [0.2, 0.25) is 0 Å². The lowest BCUT2D eigenvalue weighted by atomic mass is 9.71. The first-order chi connectivity index (χ1) is 16.3. The van der Waals surface area contributed by atoms with Gasteiger partial charge in [-0.25, -0.2) is 0 Å². The third-order valence-electron chi connectivity index (χ3n) is 7.15. The van der Waals surface area contributed by atoms with Crippen LogP contribution in [-0.4, -0.2) is 42.9 Å². The summed E-state index contributed by atoms with van der Waals surface area (Å²) < 4.78 is 5.88. The van der Waals surface area contributed by atoms with Crippen molar-refractivity contribution in [3.05, 3.63) is 114 Å². The van der Waals surface area contributed by atoms with Gasteiger partial charge < -0.3 is 4.74 Å².